The fourth-order valence-corrected chi connectivity index (χ4v) is 2.57. The first-order valence-corrected chi connectivity index (χ1v) is 6.25. The van der Waals surface area contributed by atoms with Gasteiger partial charge in [0.2, 0.25) is 0 Å². The third-order valence-electron chi connectivity index (χ3n) is 3.72. The third-order valence-corrected chi connectivity index (χ3v) is 3.72. The highest BCUT2D eigenvalue weighted by Crippen LogP contribution is 2.39. The zero-order valence-electron chi connectivity index (χ0n) is 11.2. The number of rotatable bonds is 0. The molecule has 1 aliphatic rings. The molecular formula is C16H17NO. The molecule has 0 bridgehead atoms. The van der Waals surface area contributed by atoms with Crippen LogP contribution in [0.2, 0.25) is 0 Å². The fourth-order valence-electron chi connectivity index (χ4n) is 2.57. The van der Waals surface area contributed by atoms with Gasteiger partial charge >= 0.3 is 0 Å². The predicted octanol–water partition coefficient (Wildman–Crippen LogP) is 3.73. The summed E-state index contributed by atoms with van der Waals surface area (Å²) in [5.41, 5.74) is 3.22. The average Bonchev–Trinajstić information content (AvgIpc) is 2.56. The van der Waals surface area contributed by atoms with Gasteiger partial charge in [-0.3, -0.25) is 4.79 Å². The number of nitrogens with zero attached hydrogens (tertiary/aromatic N) is 1. The predicted molar refractivity (Wildman–Crippen MR) is 75.4 cm³/mol. The summed E-state index contributed by atoms with van der Waals surface area (Å²) >= 11 is 0. The van der Waals surface area contributed by atoms with Gasteiger partial charge in [0.05, 0.1) is 5.69 Å². The summed E-state index contributed by atoms with van der Waals surface area (Å²) in [6.45, 7) is 6.59. The van der Waals surface area contributed by atoms with E-state index < -0.39 is 0 Å². The van der Waals surface area contributed by atoms with Crippen LogP contribution in [0.4, 0.5) is 5.69 Å². The second-order valence-corrected chi connectivity index (χ2v) is 6.01. The second kappa shape index (κ2) is 3.35. The molecule has 2 nitrogen and oxygen atoms in total. The Labute approximate surface area is 107 Å². The van der Waals surface area contributed by atoms with Gasteiger partial charge in [0.25, 0.3) is 5.91 Å². The first-order chi connectivity index (χ1) is 8.39. The molecule has 0 aromatic heterocycles. The zero-order chi connectivity index (χ0) is 13.1. The maximum Gasteiger partial charge on any atom is 0.258 e. The van der Waals surface area contributed by atoms with E-state index >= 15 is 0 Å². The maximum absolute atomic E-state index is 12.2. The number of benzene rings is 2. The van der Waals surface area contributed by atoms with Crippen molar-refractivity contribution in [2.45, 2.75) is 26.2 Å². The average molecular weight is 239 g/mol. The van der Waals surface area contributed by atoms with Gasteiger partial charge in [0.15, 0.2) is 0 Å². The Morgan fingerprint density at radius 3 is 2.50 bits per heavy atom. The van der Waals surface area contributed by atoms with Crippen molar-refractivity contribution < 1.29 is 4.79 Å². The van der Waals surface area contributed by atoms with Crippen molar-refractivity contribution in [2.75, 3.05) is 11.9 Å². The normalized spacial score (nSPS) is 14.7. The molecule has 92 valence electrons. The summed E-state index contributed by atoms with van der Waals surface area (Å²) in [5.74, 6) is 0.0988. The lowest BCUT2D eigenvalue weighted by Gasteiger charge is -2.21. The molecule has 2 aromatic carbocycles. The molecule has 0 radical (unpaired) electrons. The number of hydrogen-bond donors (Lipinski definition) is 0. The molecule has 1 heterocycles. The van der Waals surface area contributed by atoms with Crippen LogP contribution in [0.5, 0.6) is 0 Å². The molecule has 2 heteroatoms. The molecule has 0 saturated carbocycles. The van der Waals surface area contributed by atoms with Gasteiger partial charge in [-0.25, -0.2) is 0 Å². The van der Waals surface area contributed by atoms with Gasteiger partial charge < -0.3 is 4.90 Å². The Kier molecular flexibility index (Phi) is 2.10. The number of amides is 1. The fraction of sp³-hybridized carbons (Fsp3) is 0.312. The molecule has 3 rings (SSSR count). The van der Waals surface area contributed by atoms with Gasteiger partial charge in [-0.05, 0) is 28.5 Å². The standard InChI is InChI=1S/C16H17NO/c1-16(2,3)11-8-10-6-5-7-12-14(10)13(9-11)17(4)15(12)18/h5-9H,1-4H3. The van der Waals surface area contributed by atoms with Gasteiger partial charge in [0.1, 0.15) is 0 Å². The minimum absolute atomic E-state index is 0.0904. The van der Waals surface area contributed by atoms with Crippen LogP contribution in [0.25, 0.3) is 10.8 Å². The molecule has 2 aromatic rings. The summed E-state index contributed by atoms with van der Waals surface area (Å²) in [5, 5.41) is 2.26. The Bertz CT molecular complexity index is 665. The van der Waals surface area contributed by atoms with Crippen LogP contribution in [0.15, 0.2) is 30.3 Å². The summed E-state index contributed by atoms with van der Waals surface area (Å²) < 4.78 is 0. The number of carbonyl (C=O) groups is 1. The lowest BCUT2D eigenvalue weighted by molar-refractivity contribution is 0.0999. The van der Waals surface area contributed by atoms with E-state index in [4.69, 9.17) is 0 Å². The Morgan fingerprint density at radius 2 is 1.83 bits per heavy atom. The topological polar surface area (TPSA) is 20.3 Å². The smallest absolute Gasteiger partial charge is 0.258 e. The van der Waals surface area contributed by atoms with E-state index in [1.165, 1.54) is 5.56 Å². The van der Waals surface area contributed by atoms with Crippen LogP contribution in [0.3, 0.4) is 0 Å². The molecule has 0 aliphatic carbocycles. The number of anilines is 1. The highest BCUT2D eigenvalue weighted by molar-refractivity contribution is 6.24. The van der Waals surface area contributed by atoms with Crippen molar-refractivity contribution >= 4 is 22.4 Å². The molecule has 0 fully saturated rings. The van der Waals surface area contributed by atoms with E-state index in [1.807, 2.05) is 19.2 Å². The van der Waals surface area contributed by atoms with Crippen LogP contribution in [0, 0.1) is 0 Å². The third kappa shape index (κ3) is 1.38. The van der Waals surface area contributed by atoms with E-state index in [9.17, 15) is 4.79 Å². The van der Waals surface area contributed by atoms with Crippen LogP contribution in [-0.4, -0.2) is 13.0 Å². The Hall–Kier alpha value is -1.83. The Balaban J connectivity index is 2.40. The van der Waals surface area contributed by atoms with Crippen molar-refractivity contribution in [3.05, 3.63) is 41.5 Å². The zero-order valence-corrected chi connectivity index (χ0v) is 11.2. The summed E-state index contributed by atoms with van der Waals surface area (Å²) in [7, 11) is 1.85. The van der Waals surface area contributed by atoms with Crippen LogP contribution in [-0.2, 0) is 5.41 Å². The number of hydrogen-bond acceptors (Lipinski definition) is 1. The molecule has 0 saturated heterocycles. The SMILES string of the molecule is CN1C(=O)c2cccc3cc(C(C)(C)C)cc1c23. The highest BCUT2D eigenvalue weighted by atomic mass is 16.2. The number of carbonyl (C=O) groups excluding carboxylic acids is 1. The first-order valence-electron chi connectivity index (χ1n) is 6.25. The van der Waals surface area contributed by atoms with Gasteiger partial charge in [0, 0.05) is 18.0 Å². The molecule has 1 aliphatic heterocycles. The van der Waals surface area contributed by atoms with E-state index in [0.717, 1.165) is 22.0 Å². The Morgan fingerprint density at radius 1 is 1.11 bits per heavy atom. The monoisotopic (exact) mass is 239 g/mol. The first kappa shape index (κ1) is 11.3. The van der Waals surface area contributed by atoms with Gasteiger partial charge in [-0.15, -0.1) is 0 Å². The van der Waals surface area contributed by atoms with Crippen molar-refractivity contribution in [3.8, 4) is 0 Å². The van der Waals surface area contributed by atoms with Gasteiger partial charge in [-0.2, -0.15) is 0 Å². The summed E-state index contributed by atoms with van der Waals surface area (Å²) in [6.07, 6.45) is 0. The van der Waals surface area contributed by atoms with Crippen LogP contribution < -0.4 is 4.90 Å². The van der Waals surface area contributed by atoms with E-state index in [2.05, 4.69) is 39.0 Å². The van der Waals surface area contributed by atoms with E-state index in [-0.39, 0.29) is 11.3 Å². The molecule has 0 atom stereocenters. The maximum atomic E-state index is 12.2. The van der Waals surface area contributed by atoms with Gasteiger partial charge in [-0.1, -0.05) is 39.0 Å². The molecule has 1 amide bonds. The molecule has 0 spiro atoms. The minimum atomic E-state index is 0.0904. The van der Waals surface area contributed by atoms with Crippen molar-refractivity contribution in [2.24, 2.45) is 0 Å². The quantitative estimate of drug-likeness (QED) is 0.686. The van der Waals surface area contributed by atoms with Crippen molar-refractivity contribution in [3.63, 3.8) is 0 Å². The molecule has 0 unspecified atom stereocenters. The van der Waals surface area contributed by atoms with E-state index in [0.29, 0.717) is 0 Å². The van der Waals surface area contributed by atoms with Crippen LogP contribution in [0.1, 0.15) is 36.7 Å². The second-order valence-electron chi connectivity index (χ2n) is 6.01. The van der Waals surface area contributed by atoms with Crippen molar-refractivity contribution in [1.82, 2.24) is 0 Å². The minimum Gasteiger partial charge on any atom is -0.311 e. The lowest BCUT2D eigenvalue weighted by atomic mass is 9.85. The largest absolute Gasteiger partial charge is 0.311 e. The van der Waals surface area contributed by atoms with E-state index in [1.54, 1.807) is 4.90 Å². The molecule has 18 heavy (non-hydrogen) atoms. The summed E-state index contributed by atoms with van der Waals surface area (Å²) in [6, 6.07) is 10.3. The summed E-state index contributed by atoms with van der Waals surface area (Å²) in [4.78, 5) is 13.9. The lowest BCUT2D eigenvalue weighted by Crippen LogP contribution is -2.21. The molecular weight excluding hydrogens is 222 g/mol. The molecule has 0 N–H and O–H groups in total. The highest BCUT2D eigenvalue weighted by Gasteiger charge is 2.28. The van der Waals surface area contributed by atoms with Crippen LogP contribution >= 0.6 is 0 Å². The van der Waals surface area contributed by atoms with Crippen molar-refractivity contribution in [1.29, 1.82) is 0 Å².